The van der Waals surface area contributed by atoms with Crippen molar-refractivity contribution in [2.45, 2.75) is 25.4 Å². The maximum Gasteiger partial charge on any atom is 0.240 e. The van der Waals surface area contributed by atoms with E-state index in [0.29, 0.717) is 6.42 Å². The molecule has 1 amide bonds. The Labute approximate surface area is 130 Å². The summed E-state index contributed by atoms with van der Waals surface area (Å²) >= 11 is 0. The van der Waals surface area contributed by atoms with Crippen molar-refractivity contribution >= 4 is 17.3 Å². The zero-order valence-electron chi connectivity index (χ0n) is 12.6. The molecule has 0 saturated carbocycles. The van der Waals surface area contributed by atoms with Crippen LogP contribution in [0.15, 0.2) is 48.8 Å². The number of benzene rings is 1. The highest BCUT2D eigenvalue weighted by Gasteiger charge is 2.40. The summed E-state index contributed by atoms with van der Waals surface area (Å²) < 4.78 is 2.14. The van der Waals surface area contributed by atoms with E-state index in [1.165, 1.54) is 0 Å². The fourth-order valence-electron chi connectivity index (χ4n) is 3.08. The SMILES string of the molecule is Cc1cc(N2CC([n+]3ccccc3)C[C@H]2C(N)=O)ccc1N. The Bertz CT molecular complexity index is 686. The van der Waals surface area contributed by atoms with Crippen molar-refractivity contribution in [3.05, 3.63) is 54.4 Å². The molecule has 0 aliphatic carbocycles. The zero-order chi connectivity index (χ0) is 15.7. The smallest absolute Gasteiger partial charge is 0.240 e. The van der Waals surface area contributed by atoms with Gasteiger partial charge in [0.25, 0.3) is 0 Å². The third-order valence-electron chi connectivity index (χ3n) is 4.35. The Hall–Kier alpha value is -2.56. The van der Waals surface area contributed by atoms with Crippen molar-refractivity contribution in [1.82, 2.24) is 0 Å². The quantitative estimate of drug-likeness (QED) is 0.659. The van der Waals surface area contributed by atoms with Crippen molar-refractivity contribution in [3.8, 4) is 0 Å². The lowest BCUT2D eigenvalue weighted by atomic mass is 10.1. The Morgan fingerprint density at radius 3 is 2.64 bits per heavy atom. The van der Waals surface area contributed by atoms with E-state index < -0.39 is 0 Å². The summed E-state index contributed by atoms with van der Waals surface area (Å²) in [5, 5.41) is 0. The molecule has 1 aromatic heterocycles. The molecule has 22 heavy (non-hydrogen) atoms. The zero-order valence-corrected chi connectivity index (χ0v) is 12.6. The molecule has 3 rings (SSSR count). The summed E-state index contributed by atoms with van der Waals surface area (Å²) in [5.74, 6) is -0.284. The monoisotopic (exact) mass is 297 g/mol. The number of aromatic nitrogens is 1. The third-order valence-corrected chi connectivity index (χ3v) is 4.35. The lowest BCUT2D eigenvalue weighted by molar-refractivity contribution is -0.718. The second-order valence-corrected chi connectivity index (χ2v) is 5.82. The summed E-state index contributed by atoms with van der Waals surface area (Å²) in [6, 6.07) is 11.8. The fraction of sp³-hybridized carbons (Fsp3) is 0.294. The molecular formula is C17H21N4O+. The van der Waals surface area contributed by atoms with Crippen LogP contribution < -0.4 is 20.9 Å². The molecule has 4 N–H and O–H groups in total. The van der Waals surface area contributed by atoms with Crippen molar-refractivity contribution in [3.63, 3.8) is 0 Å². The van der Waals surface area contributed by atoms with E-state index in [1.807, 2.05) is 55.7 Å². The standard InChI is InChI=1S/C17H20N4O/c1-12-9-13(5-6-15(12)18)21-11-14(10-16(21)17(19)22)20-7-3-2-4-8-20/h2-9,14,16H,10-11,18H2,1H3,(H-,19,22)/p+1/t14?,16-/m0/s1. The second-order valence-electron chi connectivity index (χ2n) is 5.82. The normalized spacial score (nSPS) is 21.0. The van der Waals surface area contributed by atoms with Gasteiger partial charge in [-0.15, -0.1) is 0 Å². The van der Waals surface area contributed by atoms with E-state index >= 15 is 0 Å². The molecule has 2 atom stereocenters. The number of nitrogens with zero attached hydrogens (tertiary/aromatic N) is 2. The summed E-state index contributed by atoms with van der Waals surface area (Å²) in [4.78, 5) is 13.9. The van der Waals surface area contributed by atoms with Gasteiger partial charge in [0.2, 0.25) is 5.91 Å². The molecule has 0 spiro atoms. The number of primary amides is 1. The van der Waals surface area contributed by atoms with E-state index in [2.05, 4.69) is 9.47 Å². The van der Waals surface area contributed by atoms with Crippen molar-refractivity contribution in [2.75, 3.05) is 17.2 Å². The lowest BCUT2D eigenvalue weighted by Crippen LogP contribution is -2.41. The number of anilines is 2. The molecule has 2 heterocycles. The Balaban J connectivity index is 1.92. The number of hydrogen-bond donors (Lipinski definition) is 2. The van der Waals surface area contributed by atoms with Gasteiger partial charge in [0.1, 0.15) is 6.04 Å². The highest BCUT2D eigenvalue weighted by atomic mass is 16.1. The van der Waals surface area contributed by atoms with Gasteiger partial charge in [-0.25, -0.2) is 4.57 Å². The van der Waals surface area contributed by atoms with E-state index in [9.17, 15) is 4.79 Å². The molecule has 1 fully saturated rings. The number of rotatable bonds is 3. The van der Waals surface area contributed by atoms with Gasteiger partial charge in [0.15, 0.2) is 18.4 Å². The largest absolute Gasteiger partial charge is 0.399 e. The molecule has 1 aliphatic heterocycles. The number of pyridine rings is 1. The maximum absolute atomic E-state index is 11.9. The molecule has 0 bridgehead atoms. The minimum absolute atomic E-state index is 0.233. The third kappa shape index (κ3) is 2.62. The summed E-state index contributed by atoms with van der Waals surface area (Å²) in [6.07, 6.45) is 4.77. The van der Waals surface area contributed by atoms with Crippen molar-refractivity contribution in [2.24, 2.45) is 5.73 Å². The predicted molar refractivity (Wildman–Crippen MR) is 86.2 cm³/mol. The molecular weight excluding hydrogens is 276 g/mol. The molecule has 0 radical (unpaired) electrons. The van der Waals surface area contributed by atoms with Crippen molar-refractivity contribution < 1.29 is 9.36 Å². The average Bonchev–Trinajstić information content (AvgIpc) is 2.96. The molecule has 5 nitrogen and oxygen atoms in total. The van der Waals surface area contributed by atoms with Crippen LogP contribution in [-0.4, -0.2) is 18.5 Å². The predicted octanol–water partition coefficient (Wildman–Crippen LogP) is 1.17. The van der Waals surface area contributed by atoms with Gasteiger partial charge < -0.3 is 16.4 Å². The topological polar surface area (TPSA) is 76.2 Å². The van der Waals surface area contributed by atoms with Crippen LogP contribution in [-0.2, 0) is 4.79 Å². The van der Waals surface area contributed by atoms with E-state index in [0.717, 1.165) is 23.5 Å². The van der Waals surface area contributed by atoms with Gasteiger partial charge >= 0.3 is 0 Å². The van der Waals surface area contributed by atoms with Gasteiger partial charge in [-0.05, 0) is 30.7 Å². The Kier molecular flexibility index (Phi) is 3.71. The van der Waals surface area contributed by atoms with Crippen LogP contribution in [0.5, 0.6) is 0 Å². The molecule has 1 aliphatic rings. The summed E-state index contributed by atoms with van der Waals surface area (Å²) in [7, 11) is 0. The van der Waals surface area contributed by atoms with E-state index in [4.69, 9.17) is 11.5 Å². The van der Waals surface area contributed by atoms with Crippen LogP contribution in [0.3, 0.4) is 0 Å². The number of carbonyl (C=O) groups is 1. The minimum Gasteiger partial charge on any atom is -0.399 e. The second kappa shape index (κ2) is 5.67. The van der Waals surface area contributed by atoms with E-state index in [-0.39, 0.29) is 18.0 Å². The number of nitrogens with two attached hydrogens (primary N) is 2. The summed E-state index contributed by atoms with van der Waals surface area (Å²) in [5.41, 5.74) is 14.3. The van der Waals surface area contributed by atoms with E-state index in [1.54, 1.807) is 0 Å². The number of nitrogen functional groups attached to an aromatic ring is 1. The van der Waals surface area contributed by atoms with Gasteiger partial charge in [0, 0.05) is 29.9 Å². The first kappa shape index (κ1) is 14.4. The molecule has 1 aromatic carbocycles. The van der Waals surface area contributed by atoms with Crippen LogP contribution >= 0.6 is 0 Å². The van der Waals surface area contributed by atoms with Crippen LogP contribution in [0, 0.1) is 6.92 Å². The first-order valence-corrected chi connectivity index (χ1v) is 7.44. The number of hydrogen-bond acceptors (Lipinski definition) is 3. The summed E-state index contributed by atoms with van der Waals surface area (Å²) in [6.45, 7) is 2.73. The average molecular weight is 297 g/mol. The van der Waals surface area contributed by atoms with Crippen LogP contribution in [0.4, 0.5) is 11.4 Å². The maximum atomic E-state index is 11.9. The molecule has 1 saturated heterocycles. The first-order chi connectivity index (χ1) is 10.6. The molecule has 1 unspecified atom stereocenters. The lowest BCUT2D eigenvalue weighted by Gasteiger charge is -2.24. The van der Waals surface area contributed by atoms with Gasteiger partial charge in [-0.3, -0.25) is 4.79 Å². The van der Waals surface area contributed by atoms with Crippen LogP contribution in [0.1, 0.15) is 18.0 Å². The molecule has 5 heteroatoms. The molecule has 114 valence electrons. The van der Waals surface area contributed by atoms with Gasteiger partial charge in [-0.1, -0.05) is 6.07 Å². The van der Waals surface area contributed by atoms with Gasteiger partial charge in [-0.2, -0.15) is 0 Å². The first-order valence-electron chi connectivity index (χ1n) is 7.44. The number of amides is 1. The highest BCUT2D eigenvalue weighted by molar-refractivity contribution is 5.84. The van der Waals surface area contributed by atoms with Gasteiger partial charge in [0.05, 0.1) is 6.54 Å². The number of carbonyl (C=O) groups excluding carboxylic acids is 1. The van der Waals surface area contributed by atoms with Crippen molar-refractivity contribution in [1.29, 1.82) is 0 Å². The highest BCUT2D eigenvalue weighted by Crippen LogP contribution is 2.31. The Morgan fingerprint density at radius 2 is 2.00 bits per heavy atom. The Morgan fingerprint density at radius 1 is 1.27 bits per heavy atom. The molecule has 2 aromatic rings. The van der Waals surface area contributed by atoms with Crippen LogP contribution in [0.25, 0.3) is 0 Å². The minimum atomic E-state index is -0.291. The fourth-order valence-corrected chi connectivity index (χ4v) is 3.08. The number of aryl methyl sites for hydroxylation is 1. The van der Waals surface area contributed by atoms with Crippen LogP contribution in [0.2, 0.25) is 0 Å².